The van der Waals surface area contributed by atoms with E-state index in [1.807, 2.05) is 0 Å². The first-order chi connectivity index (χ1) is 10.5. The third-order valence-corrected chi connectivity index (χ3v) is 3.49. The summed E-state index contributed by atoms with van der Waals surface area (Å²) in [4.78, 5) is 12.2. The Kier molecular flexibility index (Phi) is 2.17. The highest BCUT2D eigenvalue weighted by Crippen LogP contribution is 2.40. The maximum Gasteiger partial charge on any atom is 0.348 e. The van der Waals surface area contributed by atoms with Crippen LogP contribution >= 0.6 is 0 Å². The molecule has 0 saturated carbocycles. The minimum Gasteiger partial charge on any atom is -0.508 e. The van der Waals surface area contributed by atoms with Gasteiger partial charge in [-0.2, -0.15) is 0 Å². The van der Waals surface area contributed by atoms with Crippen molar-refractivity contribution in [2.75, 3.05) is 0 Å². The van der Waals surface area contributed by atoms with E-state index in [0.29, 0.717) is 0 Å². The molecule has 4 N–H and O–H groups in total. The first kappa shape index (κ1) is 12.4. The topological polar surface area (TPSA) is 124 Å². The third-order valence-electron chi connectivity index (χ3n) is 3.49. The van der Waals surface area contributed by atoms with Gasteiger partial charge in [0.2, 0.25) is 0 Å². The summed E-state index contributed by atoms with van der Waals surface area (Å²) in [5, 5.41) is 39.0. The summed E-state index contributed by atoms with van der Waals surface area (Å²) in [7, 11) is 0. The van der Waals surface area contributed by atoms with Gasteiger partial charge < -0.3 is 29.3 Å². The molecule has 0 bridgehead atoms. The molecule has 2 aromatic carbocycles. The first-order valence-electron chi connectivity index (χ1n) is 6.22. The standard InChI is InChI=1S/C15H8O7/c16-5-1-9(19)13-11(2-5)22-15(20)12-6-3-7(17)8(18)4-10(6)21-14(12)13/h1-4,16-19H. The van der Waals surface area contributed by atoms with Gasteiger partial charge in [-0.05, 0) is 6.07 Å². The molecule has 0 aliphatic heterocycles. The van der Waals surface area contributed by atoms with Gasteiger partial charge in [0.25, 0.3) is 0 Å². The number of benzene rings is 2. The van der Waals surface area contributed by atoms with Crippen molar-refractivity contribution in [1.29, 1.82) is 0 Å². The van der Waals surface area contributed by atoms with Crippen molar-refractivity contribution in [3.63, 3.8) is 0 Å². The lowest BCUT2D eigenvalue weighted by molar-refractivity contribution is 0.404. The van der Waals surface area contributed by atoms with Crippen LogP contribution in [-0.2, 0) is 0 Å². The summed E-state index contributed by atoms with van der Waals surface area (Å²) in [6, 6.07) is 4.60. The molecule has 0 amide bonds. The minimum absolute atomic E-state index is 0.0267. The molecule has 2 heterocycles. The van der Waals surface area contributed by atoms with E-state index in [9.17, 15) is 25.2 Å². The predicted molar refractivity (Wildman–Crippen MR) is 76.4 cm³/mol. The molecule has 0 aliphatic rings. The Hall–Kier alpha value is -3.35. The number of furan rings is 1. The van der Waals surface area contributed by atoms with Crippen LogP contribution in [0.4, 0.5) is 0 Å². The van der Waals surface area contributed by atoms with Gasteiger partial charge in [-0.25, -0.2) is 4.79 Å². The Balaban J connectivity index is 2.34. The van der Waals surface area contributed by atoms with Crippen LogP contribution in [0.15, 0.2) is 37.9 Å². The highest BCUT2D eigenvalue weighted by molar-refractivity contribution is 6.15. The van der Waals surface area contributed by atoms with E-state index < -0.39 is 17.1 Å². The normalized spacial score (nSPS) is 11.6. The molecule has 0 unspecified atom stereocenters. The number of phenols is 4. The average Bonchev–Trinajstić information content (AvgIpc) is 2.77. The van der Waals surface area contributed by atoms with Gasteiger partial charge in [-0.1, -0.05) is 0 Å². The van der Waals surface area contributed by atoms with E-state index >= 15 is 0 Å². The molecular formula is C15H8O7. The quantitative estimate of drug-likeness (QED) is 0.290. The molecule has 110 valence electrons. The molecule has 7 heteroatoms. The van der Waals surface area contributed by atoms with E-state index in [4.69, 9.17) is 8.83 Å². The van der Waals surface area contributed by atoms with Crippen LogP contribution in [0, 0.1) is 0 Å². The molecule has 0 spiro atoms. The molecule has 4 rings (SSSR count). The smallest absolute Gasteiger partial charge is 0.348 e. The van der Waals surface area contributed by atoms with Crippen molar-refractivity contribution in [1.82, 2.24) is 0 Å². The van der Waals surface area contributed by atoms with Gasteiger partial charge in [0.05, 0.1) is 0 Å². The molecule has 0 radical (unpaired) electrons. The van der Waals surface area contributed by atoms with Crippen LogP contribution in [0.25, 0.3) is 32.9 Å². The number of rotatable bonds is 0. The van der Waals surface area contributed by atoms with Crippen molar-refractivity contribution in [3.8, 4) is 23.0 Å². The van der Waals surface area contributed by atoms with Crippen molar-refractivity contribution in [2.45, 2.75) is 0 Å². The summed E-state index contributed by atoms with van der Waals surface area (Å²) >= 11 is 0. The minimum atomic E-state index is -0.753. The zero-order valence-corrected chi connectivity index (χ0v) is 10.8. The Bertz CT molecular complexity index is 1130. The lowest BCUT2D eigenvalue weighted by Gasteiger charge is -2.01. The number of hydrogen-bond acceptors (Lipinski definition) is 7. The zero-order valence-electron chi connectivity index (χ0n) is 10.8. The van der Waals surface area contributed by atoms with Gasteiger partial charge in [-0.15, -0.1) is 0 Å². The first-order valence-corrected chi connectivity index (χ1v) is 6.22. The van der Waals surface area contributed by atoms with Gasteiger partial charge >= 0.3 is 5.63 Å². The number of phenolic OH excluding ortho intramolecular Hbond substituents is 4. The molecule has 7 nitrogen and oxygen atoms in total. The van der Waals surface area contributed by atoms with Crippen molar-refractivity contribution >= 4 is 32.9 Å². The fourth-order valence-electron chi connectivity index (χ4n) is 2.55. The number of aromatic hydroxyl groups is 4. The fourth-order valence-corrected chi connectivity index (χ4v) is 2.55. The number of fused-ring (bicyclic) bond motifs is 5. The Morgan fingerprint density at radius 1 is 0.727 bits per heavy atom. The Morgan fingerprint density at radius 2 is 1.45 bits per heavy atom. The van der Waals surface area contributed by atoms with E-state index in [2.05, 4.69) is 0 Å². The second-order valence-electron chi connectivity index (χ2n) is 4.87. The SMILES string of the molecule is O=c1oc2cc(O)cc(O)c2c2oc3cc(O)c(O)cc3c12. The molecule has 2 aromatic heterocycles. The van der Waals surface area contributed by atoms with Crippen LogP contribution < -0.4 is 5.63 Å². The molecular weight excluding hydrogens is 292 g/mol. The molecule has 0 saturated heterocycles. The van der Waals surface area contributed by atoms with Crippen molar-refractivity contribution in [2.24, 2.45) is 0 Å². The summed E-state index contributed by atoms with van der Waals surface area (Å²) in [6.45, 7) is 0. The molecule has 0 atom stereocenters. The highest BCUT2D eigenvalue weighted by Gasteiger charge is 2.20. The van der Waals surface area contributed by atoms with Gasteiger partial charge in [0, 0.05) is 23.6 Å². The summed E-state index contributed by atoms with van der Waals surface area (Å²) < 4.78 is 10.6. The molecule has 0 fully saturated rings. The summed E-state index contributed by atoms with van der Waals surface area (Å²) in [5.41, 5.74) is -0.597. The van der Waals surface area contributed by atoms with Crippen molar-refractivity contribution < 1.29 is 29.3 Å². The summed E-state index contributed by atoms with van der Waals surface area (Å²) in [5.74, 6) is -1.40. The van der Waals surface area contributed by atoms with E-state index in [0.717, 1.165) is 12.1 Å². The maximum atomic E-state index is 12.2. The van der Waals surface area contributed by atoms with E-state index in [1.54, 1.807) is 0 Å². The van der Waals surface area contributed by atoms with E-state index in [1.165, 1.54) is 12.1 Å². The lowest BCUT2D eigenvalue weighted by atomic mass is 10.1. The highest BCUT2D eigenvalue weighted by atomic mass is 16.4. The van der Waals surface area contributed by atoms with Crippen molar-refractivity contribution in [3.05, 3.63) is 34.7 Å². The van der Waals surface area contributed by atoms with Crippen LogP contribution in [0.3, 0.4) is 0 Å². The summed E-state index contributed by atoms with van der Waals surface area (Å²) in [6.07, 6.45) is 0. The number of hydrogen-bond donors (Lipinski definition) is 4. The Morgan fingerprint density at radius 3 is 2.23 bits per heavy atom. The zero-order chi connectivity index (χ0) is 15.6. The van der Waals surface area contributed by atoms with E-state index in [-0.39, 0.29) is 44.4 Å². The van der Waals surface area contributed by atoms with Gasteiger partial charge in [-0.3, -0.25) is 0 Å². The molecule has 22 heavy (non-hydrogen) atoms. The van der Waals surface area contributed by atoms with Gasteiger partial charge in [0.15, 0.2) is 17.1 Å². The average molecular weight is 300 g/mol. The third kappa shape index (κ3) is 1.47. The molecule has 4 aromatic rings. The molecule has 0 aliphatic carbocycles. The van der Waals surface area contributed by atoms with Crippen LogP contribution in [0.1, 0.15) is 0 Å². The largest absolute Gasteiger partial charge is 0.508 e. The van der Waals surface area contributed by atoms with Gasteiger partial charge in [0.1, 0.15) is 33.4 Å². The predicted octanol–water partition coefficient (Wildman–Crippen LogP) is 2.51. The monoisotopic (exact) mass is 300 g/mol. The van der Waals surface area contributed by atoms with Crippen LogP contribution in [-0.4, -0.2) is 20.4 Å². The Labute approximate surface area is 120 Å². The fraction of sp³-hybridized carbons (Fsp3) is 0. The van der Waals surface area contributed by atoms with Crippen LogP contribution in [0.2, 0.25) is 0 Å². The second kappa shape index (κ2) is 3.85. The second-order valence-corrected chi connectivity index (χ2v) is 4.87. The maximum absolute atomic E-state index is 12.2. The van der Waals surface area contributed by atoms with Crippen LogP contribution in [0.5, 0.6) is 23.0 Å². The lowest BCUT2D eigenvalue weighted by Crippen LogP contribution is -1.98.